The molecule has 2 heterocycles. The smallest absolute Gasteiger partial charge is 0.225 e. The summed E-state index contributed by atoms with van der Waals surface area (Å²) in [6, 6.07) is 9.88. The number of rotatable bonds is 4. The van der Waals surface area contributed by atoms with Crippen molar-refractivity contribution in [2.24, 2.45) is 11.1 Å². The first-order chi connectivity index (χ1) is 10.6. The van der Waals surface area contributed by atoms with Gasteiger partial charge in [0.25, 0.3) is 0 Å². The van der Waals surface area contributed by atoms with Gasteiger partial charge in [0.2, 0.25) is 5.91 Å². The van der Waals surface area contributed by atoms with Crippen LogP contribution in [0.4, 0.5) is 5.82 Å². The maximum atomic E-state index is 11.9. The molecular weight excluding hydrogens is 346 g/mol. The SMILES string of the molecule is NC(=O)C1(CNc2ccc3cccc(Br)c3n2)CCOCC1. The first-order valence-electron chi connectivity index (χ1n) is 7.28. The summed E-state index contributed by atoms with van der Waals surface area (Å²) in [4.78, 5) is 16.5. The van der Waals surface area contributed by atoms with Crippen LogP contribution in [0.25, 0.3) is 10.9 Å². The number of halogens is 1. The number of benzene rings is 1. The third-order valence-corrected chi connectivity index (χ3v) is 4.89. The highest BCUT2D eigenvalue weighted by atomic mass is 79.9. The molecule has 5 nitrogen and oxygen atoms in total. The summed E-state index contributed by atoms with van der Waals surface area (Å²) in [5, 5.41) is 4.33. The number of aromatic nitrogens is 1. The van der Waals surface area contributed by atoms with E-state index in [9.17, 15) is 4.79 Å². The Morgan fingerprint density at radius 3 is 2.82 bits per heavy atom. The molecule has 6 heteroatoms. The van der Waals surface area contributed by atoms with Crippen molar-refractivity contribution < 1.29 is 9.53 Å². The molecule has 1 aromatic heterocycles. The molecule has 1 aliphatic rings. The van der Waals surface area contributed by atoms with Crippen molar-refractivity contribution in [3.05, 3.63) is 34.8 Å². The molecule has 0 bridgehead atoms. The van der Waals surface area contributed by atoms with Crippen LogP contribution < -0.4 is 11.1 Å². The Hall–Kier alpha value is -1.66. The minimum absolute atomic E-state index is 0.273. The fourth-order valence-electron chi connectivity index (χ4n) is 2.74. The van der Waals surface area contributed by atoms with Crippen molar-refractivity contribution in [3.8, 4) is 0 Å². The zero-order chi connectivity index (χ0) is 15.6. The van der Waals surface area contributed by atoms with E-state index in [-0.39, 0.29) is 5.91 Å². The third kappa shape index (κ3) is 2.94. The van der Waals surface area contributed by atoms with Gasteiger partial charge in [-0.1, -0.05) is 12.1 Å². The van der Waals surface area contributed by atoms with Gasteiger partial charge in [0.1, 0.15) is 5.82 Å². The Morgan fingerprint density at radius 1 is 1.32 bits per heavy atom. The maximum absolute atomic E-state index is 11.9. The molecule has 3 rings (SSSR count). The second-order valence-electron chi connectivity index (χ2n) is 5.62. The number of carbonyl (C=O) groups is 1. The first-order valence-corrected chi connectivity index (χ1v) is 8.07. The van der Waals surface area contributed by atoms with Crippen LogP contribution in [0.2, 0.25) is 0 Å². The molecule has 1 saturated heterocycles. The number of hydrogen-bond donors (Lipinski definition) is 2. The van der Waals surface area contributed by atoms with Crippen LogP contribution in [0.15, 0.2) is 34.8 Å². The lowest BCUT2D eigenvalue weighted by molar-refractivity contribution is -0.132. The van der Waals surface area contributed by atoms with Crippen LogP contribution in [-0.2, 0) is 9.53 Å². The molecule has 1 fully saturated rings. The summed E-state index contributed by atoms with van der Waals surface area (Å²) in [5.41, 5.74) is 5.96. The number of fused-ring (bicyclic) bond motifs is 1. The third-order valence-electron chi connectivity index (χ3n) is 4.25. The number of anilines is 1. The largest absolute Gasteiger partial charge is 0.381 e. The Morgan fingerprint density at radius 2 is 2.09 bits per heavy atom. The van der Waals surface area contributed by atoms with Gasteiger partial charge in [0, 0.05) is 29.6 Å². The number of carbonyl (C=O) groups excluding carboxylic acids is 1. The Labute approximate surface area is 137 Å². The van der Waals surface area contributed by atoms with E-state index < -0.39 is 5.41 Å². The number of nitrogens with two attached hydrogens (primary N) is 1. The van der Waals surface area contributed by atoms with E-state index in [1.54, 1.807) is 0 Å². The summed E-state index contributed by atoms with van der Waals surface area (Å²) in [6.07, 6.45) is 1.29. The van der Waals surface area contributed by atoms with Gasteiger partial charge in [-0.2, -0.15) is 0 Å². The van der Waals surface area contributed by atoms with Crippen molar-refractivity contribution in [2.45, 2.75) is 12.8 Å². The normalized spacial score (nSPS) is 17.3. The van der Waals surface area contributed by atoms with Gasteiger partial charge in [-0.05, 0) is 47.0 Å². The monoisotopic (exact) mass is 363 g/mol. The Kier molecular flexibility index (Phi) is 4.31. The standard InChI is InChI=1S/C16H18BrN3O2/c17-12-3-1-2-11-4-5-13(20-14(11)12)19-10-16(15(18)21)6-8-22-9-7-16/h1-5H,6-10H2,(H2,18,21)(H,19,20). The highest BCUT2D eigenvalue weighted by Gasteiger charge is 2.38. The van der Waals surface area contributed by atoms with Gasteiger partial charge in [0.15, 0.2) is 0 Å². The highest BCUT2D eigenvalue weighted by molar-refractivity contribution is 9.10. The molecule has 0 aliphatic carbocycles. The number of para-hydroxylation sites is 1. The van der Waals surface area contributed by atoms with E-state index in [1.807, 2.05) is 30.3 Å². The topological polar surface area (TPSA) is 77.2 Å². The highest BCUT2D eigenvalue weighted by Crippen LogP contribution is 2.31. The van der Waals surface area contributed by atoms with Crippen LogP contribution in [0.3, 0.4) is 0 Å². The predicted molar refractivity (Wildman–Crippen MR) is 89.6 cm³/mol. The maximum Gasteiger partial charge on any atom is 0.225 e. The van der Waals surface area contributed by atoms with Gasteiger partial charge in [-0.3, -0.25) is 4.79 Å². The first kappa shape index (κ1) is 15.2. The molecule has 1 aliphatic heterocycles. The van der Waals surface area contributed by atoms with E-state index in [0.29, 0.717) is 32.6 Å². The lowest BCUT2D eigenvalue weighted by Gasteiger charge is -2.34. The molecule has 0 saturated carbocycles. The zero-order valence-electron chi connectivity index (χ0n) is 12.1. The van der Waals surface area contributed by atoms with Crippen LogP contribution in [0.5, 0.6) is 0 Å². The van der Waals surface area contributed by atoms with E-state index >= 15 is 0 Å². The van der Waals surface area contributed by atoms with Crippen LogP contribution >= 0.6 is 15.9 Å². The van der Waals surface area contributed by atoms with Crippen molar-refractivity contribution >= 4 is 38.6 Å². The van der Waals surface area contributed by atoms with Crippen LogP contribution in [-0.4, -0.2) is 30.6 Å². The van der Waals surface area contributed by atoms with Crippen molar-refractivity contribution in [1.29, 1.82) is 0 Å². The molecule has 0 radical (unpaired) electrons. The van der Waals surface area contributed by atoms with Gasteiger partial charge in [0.05, 0.1) is 10.9 Å². The number of ether oxygens (including phenoxy) is 1. The molecule has 3 N–H and O–H groups in total. The molecule has 2 aromatic rings. The van der Waals surface area contributed by atoms with Gasteiger partial charge in [-0.25, -0.2) is 4.98 Å². The molecule has 1 aromatic carbocycles. The average molecular weight is 364 g/mol. The number of nitrogens with zero attached hydrogens (tertiary/aromatic N) is 1. The fraction of sp³-hybridized carbons (Fsp3) is 0.375. The lowest BCUT2D eigenvalue weighted by Crippen LogP contribution is -2.46. The van der Waals surface area contributed by atoms with Crippen LogP contribution in [0.1, 0.15) is 12.8 Å². The van der Waals surface area contributed by atoms with Gasteiger partial charge < -0.3 is 15.8 Å². The molecular formula is C16H18BrN3O2. The minimum Gasteiger partial charge on any atom is -0.381 e. The number of nitrogens with one attached hydrogen (secondary N) is 1. The van der Waals surface area contributed by atoms with Gasteiger partial charge in [-0.15, -0.1) is 0 Å². The number of amides is 1. The summed E-state index contributed by atoms with van der Waals surface area (Å²) >= 11 is 3.51. The van der Waals surface area contributed by atoms with Crippen molar-refractivity contribution in [1.82, 2.24) is 4.98 Å². The minimum atomic E-state index is -0.553. The summed E-state index contributed by atoms with van der Waals surface area (Å²) in [6.45, 7) is 1.62. The number of primary amides is 1. The number of hydrogen-bond acceptors (Lipinski definition) is 4. The lowest BCUT2D eigenvalue weighted by atomic mass is 9.79. The summed E-state index contributed by atoms with van der Waals surface area (Å²) < 4.78 is 6.29. The fourth-order valence-corrected chi connectivity index (χ4v) is 3.21. The Balaban J connectivity index is 1.80. The summed E-state index contributed by atoms with van der Waals surface area (Å²) in [5.74, 6) is 0.469. The van der Waals surface area contributed by atoms with Crippen molar-refractivity contribution in [2.75, 3.05) is 25.1 Å². The quantitative estimate of drug-likeness (QED) is 0.875. The predicted octanol–water partition coefficient (Wildman–Crippen LogP) is 2.69. The van der Waals surface area contributed by atoms with Gasteiger partial charge >= 0.3 is 0 Å². The van der Waals surface area contributed by atoms with E-state index in [2.05, 4.69) is 26.2 Å². The zero-order valence-corrected chi connectivity index (χ0v) is 13.7. The second-order valence-corrected chi connectivity index (χ2v) is 6.47. The Bertz CT molecular complexity index is 699. The van der Waals surface area contributed by atoms with E-state index in [0.717, 1.165) is 21.2 Å². The molecule has 116 valence electrons. The molecule has 0 atom stereocenters. The average Bonchev–Trinajstić information content (AvgIpc) is 2.54. The van der Waals surface area contributed by atoms with E-state index in [1.165, 1.54) is 0 Å². The molecule has 1 amide bonds. The van der Waals surface area contributed by atoms with Crippen molar-refractivity contribution in [3.63, 3.8) is 0 Å². The second kappa shape index (κ2) is 6.22. The number of pyridine rings is 1. The van der Waals surface area contributed by atoms with E-state index in [4.69, 9.17) is 10.5 Å². The molecule has 0 unspecified atom stereocenters. The summed E-state index contributed by atoms with van der Waals surface area (Å²) in [7, 11) is 0. The van der Waals surface area contributed by atoms with Crippen LogP contribution in [0, 0.1) is 5.41 Å². The molecule has 22 heavy (non-hydrogen) atoms. The molecule has 0 spiro atoms.